The molecule has 0 aliphatic rings. The number of esters is 1. The molecule has 0 bridgehead atoms. The van der Waals surface area contributed by atoms with Gasteiger partial charge in [-0.1, -0.05) is 29.8 Å². The van der Waals surface area contributed by atoms with Crippen LogP contribution in [0, 0.1) is 6.92 Å². The van der Waals surface area contributed by atoms with Crippen LogP contribution in [0.5, 0.6) is 5.75 Å². The molecule has 92 valence electrons. The van der Waals surface area contributed by atoms with E-state index in [0.29, 0.717) is 11.3 Å². The van der Waals surface area contributed by atoms with E-state index >= 15 is 0 Å². The Labute approximate surface area is 106 Å². The Morgan fingerprint density at radius 3 is 2.22 bits per heavy atom. The third-order valence-corrected chi connectivity index (χ3v) is 2.60. The molecule has 0 spiro atoms. The topological polar surface area (TPSA) is 46.5 Å². The van der Waals surface area contributed by atoms with Crippen LogP contribution in [-0.4, -0.2) is 11.1 Å². The lowest BCUT2D eigenvalue weighted by Gasteiger charge is -2.05. The van der Waals surface area contributed by atoms with Crippen LogP contribution in [0.1, 0.15) is 21.5 Å². The van der Waals surface area contributed by atoms with Crippen molar-refractivity contribution in [3.05, 3.63) is 65.2 Å². The summed E-state index contributed by atoms with van der Waals surface area (Å²) < 4.78 is 5.23. The first kappa shape index (κ1) is 12.3. The van der Waals surface area contributed by atoms with Crippen LogP contribution >= 0.6 is 0 Å². The number of carbonyl (C=O) groups is 1. The minimum Gasteiger partial charge on any atom is -0.423 e. The third-order valence-electron chi connectivity index (χ3n) is 2.60. The van der Waals surface area contributed by atoms with Crippen LogP contribution in [0.2, 0.25) is 0 Å². The Morgan fingerprint density at radius 1 is 1.06 bits per heavy atom. The first-order chi connectivity index (χ1) is 8.69. The van der Waals surface area contributed by atoms with Gasteiger partial charge >= 0.3 is 5.97 Å². The molecule has 0 saturated heterocycles. The molecule has 3 nitrogen and oxygen atoms in total. The number of rotatable bonds is 3. The standard InChI is InChI=1S/C15H14O3/c1-11-2-8-14(9-3-11)18-15(17)13-6-4-12(10-16)5-7-13/h2-9,16H,10H2,1H3. The van der Waals surface area contributed by atoms with Gasteiger partial charge in [0.05, 0.1) is 12.2 Å². The summed E-state index contributed by atoms with van der Waals surface area (Å²) in [5, 5.41) is 8.91. The lowest BCUT2D eigenvalue weighted by atomic mass is 10.1. The largest absolute Gasteiger partial charge is 0.423 e. The number of aliphatic hydroxyl groups excluding tert-OH is 1. The van der Waals surface area contributed by atoms with Gasteiger partial charge in [0.25, 0.3) is 0 Å². The van der Waals surface area contributed by atoms with E-state index in [4.69, 9.17) is 9.84 Å². The number of aryl methyl sites for hydroxylation is 1. The Bertz CT molecular complexity index is 527. The average Bonchev–Trinajstić information content (AvgIpc) is 2.41. The highest BCUT2D eigenvalue weighted by atomic mass is 16.5. The molecular formula is C15H14O3. The molecule has 0 aliphatic heterocycles. The van der Waals surface area contributed by atoms with Crippen LogP contribution in [0.3, 0.4) is 0 Å². The van der Waals surface area contributed by atoms with Crippen LogP contribution < -0.4 is 4.74 Å². The summed E-state index contributed by atoms with van der Waals surface area (Å²) >= 11 is 0. The van der Waals surface area contributed by atoms with E-state index in [-0.39, 0.29) is 6.61 Å². The molecule has 3 heteroatoms. The van der Waals surface area contributed by atoms with Crippen molar-refractivity contribution >= 4 is 5.97 Å². The molecule has 0 aliphatic carbocycles. The highest BCUT2D eigenvalue weighted by Crippen LogP contribution is 2.14. The fourth-order valence-electron chi connectivity index (χ4n) is 1.52. The Kier molecular flexibility index (Phi) is 3.75. The van der Waals surface area contributed by atoms with E-state index in [1.54, 1.807) is 36.4 Å². The quantitative estimate of drug-likeness (QED) is 0.665. The lowest BCUT2D eigenvalue weighted by Crippen LogP contribution is -2.08. The molecule has 2 aromatic rings. The monoisotopic (exact) mass is 242 g/mol. The lowest BCUT2D eigenvalue weighted by molar-refractivity contribution is 0.0734. The van der Waals surface area contributed by atoms with E-state index in [1.807, 2.05) is 19.1 Å². The van der Waals surface area contributed by atoms with E-state index in [0.717, 1.165) is 11.1 Å². The van der Waals surface area contributed by atoms with E-state index in [2.05, 4.69) is 0 Å². The summed E-state index contributed by atoms with van der Waals surface area (Å²) in [7, 11) is 0. The molecular weight excluding hydrogens is 228 g/mol. The molecule has 2 aromatic carbocycles. The molecule has 0 unspecified atom stereocenters. The van der Waals surface area contributed by atoms with Crippen LogP contribution in [-0.2, 0) is 6.61 Å². The van der Waals surface area contributed by atoms with Gasteiger partial charge in [-0.25, -0.2) is 4.79 Å². The third kappa shape index (κ3) is 2.96. The number of carbonyl (C=O) groups excluding carboxylic acids is 1. The molecule has 0 amide bonds. The van der Waals surface area contributed by atoms with Gasteiger partial charge < -0.3 is 9.84 Å². The van der Waals surface area contributed by atoms with Gasteiger partial charge in [0.1, 0.15) is 5.75 Å². The van der Waals surface area contributed by atoms with Gasteiger partial charge in [0.15, 0.2) is 0 Å². The molecule has 0 heterocycles. The molecule has 0 radical (unpaired) electrons. The Hall–Kier alpha value is -2.13. The van der Waals surface area contributed by atoms with Gasteiger partial charge in [-0.15, -0.1) is 0 Å². The van der Waals surface area contributed by atoms with Crippen LogP contribution in [0.4, 0.5) is 0 Å². The summed E-state index contributed by atoms with van der Waals surface area (Å²) in [4.78, 5) is 11.8. The highest BCUT2D eigenvalue weighted by molar-refractivity contribution is 5.91. The molecule has 2 rings (SSSR count). The predicted octanol–water partition coefficient (Wildman–Crippen LogP) is 2.71. The summed E-state index contributed by atoms with van der Waals surface area (Å²) in [6.45, 7) is 1.94. The van der Waals surface area contributed by atoms with Crippen LogP contribution in [0.25, 0.3) is 0 Å². The number of ether oxygens (including phenoxy) is 1. The normalized spacial score (nSPS) is 10.1. The van der Waals surface area contributed by atoms with Crippen molar-refractivity contribution in [2.24, 2.45) is 0 Å². The van der Waals surface area contributed by atoms with E-state index in [9.17, 15) is 4.79 Å². The second-order valence-electron chi connectivity index (χ2n) is 4.06. The molecule has 0 saturated carbocycles. The zero-order chi connectivity index (χ0) is 13.0. The maximum Gasteiger partial charge on any atom is 0.343 e. The Balaban J connectivity index is 2.09. The number of hydrogen-bond donors (Lipinski definition) is 1. The minimum atomic E-state index is -0.400. The average molecular weight is 242 g/mol. The van der Waals surface area contributed by atoms with Gasteiger partial charge in [0, 0.05) is 0 Å². The first-order valence-electron chi connectivity index (χ1n) is 5.67. The van der Waals surface area contributed by atoms with Crippen molar-refractivity contribution in [2.45, 2.75) is 13.5 Å². The van der Waals surface area contributed by atoms with Crippen molar-refractivity contribution in [3.63, 3.8) is 0 Å². The van der Waals surface area contributed by atoms with Gasteiger partial charge in [-0.3, -0.25) is 0 Å². The maximum atomic E-state index is 11.8. The summed E-state index contributed by atoms with van der Waals surface area (Å²) in [6.07, 6.45) is 0. The van der Waals surface area contributed by atoms with E-state index in [1.165, 1.54) is 0 Å². The van der Waals surface area contributed by atoms with Gasteiger partial charge in [0.2, 0.25) is 0 Å². The molecule has 0 aromatic heterocycles. The SMILES string of the molecule is Cc1ccc(OC(=O)c2ccc(CO)cc2)cc1. The zero-order valence-electron chi connectivity index (χ0n) is 10.1. The molecule has 18 heavy (non-hydrogen) atoms. The molecule has 1 N–H and O–H groups in total. The summed E-state index contributed by atoms with van der Waals surface area (Å²) in [5.74, 6) is 0.125. The summed E-state index contributed by atoms with van der Waals surface area (Å²) in [6, 6.07) is 14.0. The molecule has 0 atom stereocenters. The Morgan fingerprint density at radius 2 is 1.67 bits per heavy atom. The number of benzene rings is 2. The van der Waals surface area contributed by atoms with Crippen molar-refractivity contribution < 1.29 is 14.6 Å². The van der Waals surface area contributed by atoms with Crippen molar-refractivity contribution in [2.75, 3.05) is 0 Å². The maximum absolute atomic E-state index is 11.8. The zero-order valence-corrected chi connectivity index (χ0v) is 10.1. The first-order valence-corrected chi connectivity index (χ1v) is 5.67. The van der Waals surface area contributed by atoms with Crippen molar-refractivity contribution in [1.82, 2.24) is 0 Å². The predicted molar refractivity (Wildman–Crippen MR) is 68.5 cm³/mol. The minimum absolute atomic E-state index is 0.0344. The highest BCUT2D eigenvalue weighted by Gasteiger charge is 2.08. The van der Waals surface area contributed by atoms with E-state index < -0.39 is 5.97 Å². The van der Waals surface area contributed by atoms with Crippen LogP contribution in [0.15, 0.2) is 48.5 Å². The number of aliphatic hydroxyl groups is 1. The van der Waals surface area contributed by atoms with Crippen molar-refractivity contribution in [3.8, 4) is 5.75 Å². The number of hydrogen-bond acceptors (Lipinski definition) is 3. The summed E-state index contributed by atoms with van der Waals surface area (Å²) in [5.41, 5.74) is 2.34. The molecule has 0 fully saturated rings. The fraction of sp³-hybridized carbons (Fsp3) is 0.133. The van der Waals surface area contributed by atoms with Gasteiger partial charge in [-0.2, -0.15) is 0 Å². The smallest absolute Gasteiger partial charge is 0.343 e. The second-order valence-corrected chi connectivity index (χ2v) is 4.06. The van der Waals surface area contributed by atoms with Crippen molar-refractivity contribution in [1.29, 1.82) is 0 Å². The fourth-order valence-corrected chi connectivity index (χ4v) is 1.52. The second kappa shape index (κ2) is 5.47. The van der Waals surface area contributed by atoms with Gasteiger partial charge in [-0.05, 0) is 36.8 Å².